The Labute approximate surface area is 88.6 Å². The zero-order valence-electron chi connectivity index (χ0n) is 8.30. The van der Waals surface area contributed by atoms with Gasteiger partial charge in [-0.2, -0.15) is 10.4 Å². The molecule has 0 saturated heterocycles. The van der Waals surface area contributed by atoms with E-state index in [0.29, 0.717) is 6.42 Å². The maximum absolute atomic E-state index is 8.60. The molecule has 3 nitrogen and oxygen atoms in total. The van der Waals surface area contributed by atoms with Gasteiger partial charge in [0.1, 0.15) is 0 Å². The molecular weight excluding hydrogens is 186 g/mol. The van der Waals surface area contributed by atoms with Crippen molar-refractivity contribution in [3.8, 4) is 6.07 Å². The van der Waals surface area contributed by atoms with Gasteiger partial charge in [-0.05, 0) is 17.2 Å². The SMILES string of the molecule is N#CCc1cccc(Cn2cccn2)c1. The summed E-state index contributed by atoms with van der Waals surface area (Å²) in [5, 5.41) is 12.7. The van der Waals surface area contributed by atoms with Gasteiger partial charge in [-0.15, -0.1) is 0 Å². The topological polar surface area (TPSA) is 41.6 Å². The van der Waals surface area contributed by atoms with Crippen LogP contribution in [0.5, 0.6) is 0 Å². The lowest BCUT2D eigenvalue weighted by atomic mass is 10.1. The molecule has 0 aliphatic heterocycles. The molecule has 1 aromatic heterocycles. The second-order valence-corrected chi connectivity index (χ2v) is 3.36. The minimum absolute atomic E-state index is 0.465. The van der Waals surface area contributed by atoms with E-state index in [-0.39, 0.29) is 0 Å². The third kappa shape index (κ3) is 2.44. The normalized spacial score (nSPS) is 9.80. The summed E-state index contributed by atoms with van der Waals surface area (Å²) in [6.45, 7) is 0.756. The molecule has 0 bridgehead atoms. The minimum atomic E-state index is 0.465. The number of hydrogen-bond donors (Lipinski definition) is 0. The van der Waals surface area contributed by atoms with Crippen LogP contribution in [0.1, 0.15) is 11.1 Å². The maximum atomic E-state index is 8.60. The van der Waals surface area contributed by atoms with Crippen LogP contribution in [0.3, 0.4) is 0 Å². The van der Waals surface area contributed by atoms with Gasteiger partial charge in [-0.1, -0.05) is 24.3 Å². The maximum Gasteiger partial charge on any atom is 0.0669 e. The molecule has 0 fully saturated rings. The van der Waals surface area contributed by atoms with Crippen LogP contribution < -0.4 is 0 Å². The summed E-state index contributed by atoms with van der Waals surface area (Å²) < 4.78 is 1.87. The second-order valence-electron chi connectivity index (χ2n) is 3.36. The first-order valence-corrected chi connectivity index (χ1v) is 4.80. The summed E-state index contributed by atoms with van der Waals surface area (Å²) in [4.78, 5) is 0. The van der Waals surface area contributed by atoms with E-state index < -0.39 is 0 Å². The van der Waals surface area contributed by atoms with Gasteiger partial charge >= 0.3 is 0 Å². The smallest absolute Gasteiger partial charge is 0.0669 e. The van der Waals surface area contributed by atoms with Crippen LogP contribution in [-0.2, 0) is 13.0 Å². The number of hydrogen-bond acceptors (Lipinski definition) is 2. The molecule has 1 aromatic carbocycles. The first kappa shape index (κ1) is 9.47. The highest BCUT2D eigenvalue weighted by atomic mass is 15.3. The molecule has 0 amide bonds. The molecular formula is C12H11N3. The van der Waals surface area contributed by atoms with Crippen LogP contribution in [0.15, 0.2) is 42.7 Å². The fourth-order valence-corrected chi connectivity index (χ4v) is 1.51. The van der Waals surface area contributed by atoms with E-state index in [9.17, 15) is 0 Å². The van der Waals surface area contributed by atoms with Gasteiger partial charge in [0.05, 0.1) is 19.0 Å². The van der Waals surface area contributed by atoms with Gasteiger partial charge < -0.3 is 0 Å². The highest BCUT2D eigenvalue weighted by Gasteiger charge is 1.97. The lowest BCUT2D eigenvalue weighted by molar-refractivity contribution is 0.686. The summed E-state index contributed by atoms with van der Waals surface area (Å²) in [6, 6.07) is 12.1. The highest BCUT2D eigenvalue weighted by molar-refractivity contribution is 5.25. The van der Waals surface area contributed by atoms with E-state index in [1.165, 1.54) is 5.56 Å². The van der Waals surface area contributed by atoms with Crippen molar-refractivity contribution < 1.29 is 0 Å². The molecule has 3 heteroatoms. The minimum Gasteiger partial charge on any atom is -0.268 e. The molecule has 0 saturated carbocycles. The quantitative estimate of drug-likeness (QED) is 0.755. The highest BCUT2D eigenvalue weighted by Crippen LogP contribution is 2.07. The molecule has 0 spiro atoms. The number of benzene rings is 1. The van der Waals surface area contributed by atoms with Crippen LogP contribution in [0, 0.1) is 11.3 Å². The fourth-order valence-electron chi connectivity index (χ4n) is 1.51. The Morgan fingerprint density at radius 1 is 1.27 bits per heavy atom. The van der Waals surface area contributed by atoms with Gasteiger partial charge in [0, 0.05) is 12.4 Å². The van der Waals surface area contributed by atoms with Crippen molar-refractivity contribution in [3.63, 3.8) is 0 Å². The monoisotopic (exact) mass is 197 g/mol. The molecule has 0 aliphatic carbocycles. The summed E-state index contributed by atoms with van der Waals surface area (Å²) in [7, 11) is 0. The molecule has 0 atom stereocenters. The summed E-state index contributed by atoms with van der Waals surface area (Å²) in [5.41, 5.74) is 2.23. The van der Waals surface area contributed by atoms with E-state index in [1.54, 1.807) is 6.20 Å². The van der Waals surface area contributed by atoms with Crippen molar-refractivity contribution in [3.05, 3.63) is 53.9 Å². The largest absolute Gasteiger partial charge is 0.268 e. The van der Waals surface area contributed by atoms with Crippen LogP contribution in [0.2, 0.25) is 0 Å². The van der Waals surface area contributed by atoms with Crippen molar-refractivity contribution in [1.82, 2.24) is 9.78 Å². The standard InChI is InChI=1S/C12H11N3/c13-6-5-11-3-1-4-12(9-11)10-15-8-2-7-14-15/h1-4,7-9H,5,10H2. The third-order valence-electron chi connectivity index (χ3n) is 2.18. The Balaban J connectivity index is 2.15. The van der Waals surface area contributed by atoms with Gasteiger partial charge in [-0.25, -0.2) is 0 Å². The summed E-state index contributed by atoms with van der Waals surface area (Å²) >= 11 is 0. The molecule has 0 radical (unpaired) electrons. The molecule has 2 rings (SSSR count). The fraction of sp³-hybridized carbons (Fsp3) is 0.167. The molecule has 74 valence electrons. The van der Waals surface area contributed by atoms with Gasteiger partial charge in [-0.3, -0.25) is 4.68 Å². The molecule has 2 aromatic rings. The first-order valence-electron chi connectivity index (χ1n) is 4.80. The molecule has 0 unspecified atom stereocenters. The van der Waals surface area contributed by atoms with Crippen molar-refractivity contribution >= 4 is 0 Å². The van der Waals surface area contributed by atoms with Gasteiger partial charge in [0.2, 0.25) is 0 Å². The average molecular weight is 197 g/mol. The Hall–Kier alpha value is -2.08. The number of nitriles is 1. The van der Waals surface area contributed by atoms with Crippen LogP contribution >= 0.6 is 0 Å². The number of rotatable bonds is 3. The predicted molar refractivity (Wildman–Crippen MR) is 57.1 cm³/mol. The Morgan fingerprint density at radius 2 is 2.13 bits per heavy atom. The van der Waals surface area contributed by atoms with Crippen LogP contribution in [-0.4, -0.2) is 9.78 Å². The zero-order chi connectivity index (χ0) is 10.5. The summed E-state index contributed by atoms with van der Waals surface area (Å²) in [6.07, 6.45) is 4.16. The van der Waals surface area contributed by atoms with Crippen molar-refractivity contribution in [2.75, 3.05) is 0 Å². The Kier molecular flexibility index (Phi) is 2.80. The molecule has 0 N–H and O–H groups in total. The van der Waals surface area contributed by atoms with Crippen molar-refractivity contribution in [2.24, 2.45) is 0 Å². The molecule has 15 heavy (non-hydrogen) atoms. The average Bonchev–Trinajstić information content (AvgIpc) is 2.71. The van der Waals surface area contributed by atoms with Gasteiger partial charge in [0.15, 0.2) is 0 Å². The molecule has 0 aliphatic rings. The van der Waals surface area contributed by atoms with E-state index in [0.717, 1.165) is 12.1 Å². The van der Waals surface area contributed by atoms with E-state index in [1.807, 2.05) is 41.2 Å². The van der Waals surface area contributed by atoms with E-state index in [4.69, 9.17) is 5.26 Å². The zero-order valence-corrected chi connectivity index (χ0v) is 8.30. The van der Waals surface area contributed by atoms with Crippen LogP contribution in [0.4, 0.5) is 0 Å². The lowest BCUT2D eigenvalue weighted by Crippen LogP contribution is -2.00. The Morgan fingerprint density at radius 3 is 2.87 bits per heavy atom. The lowest BCUT2D eigenvalue weighted by Gasteiger charge is -2.03. The summed E-state index contributed by atoms with van der Waals surface area (Å²) in [5.74, 6) is 0. The van der Waals surface area contributed by atoms with Crippen molar-refractivity contribution in [2.45, 2.75) is 13.0 Å². The predicted octanol–water partition coefficient (Wildman–Crippen LogP) is 2.00. The van der Waals surface area contributed by atoms with E-state index in [2.05, 4.69) is 11.2 Å². The van der Waals surface area contributed by atoms with E-state index >= 15 is 0 Å². The van der Waals surface area contributed by atoms with Gasteiger partial charge in [0.25, 0.3) is 0 Å². The number of nitrogens with zero attached hydrogens (tertiary/aromatic N) is 3. The first-order chi connectivity index (χ1) is 7.38. The third-order valence-corrected chi connectivity index (χ3v) is 2.18. The molecule has 1 heterocycles. The Bertz CT molecular complexity index is 466. The van der Waals surface area contributed by atoms with Crippen LogP contribution in [0.25, 0.3) is 0 Å². The van der Waals surface area contributed by atoms with Crippen molar-refractivity contribution in [1.29, 1.82) is 5.26 Å². The second kappa shape index (κ2) is 4.43. The number of aromatic nitrogens is 2.